The molecule has 1 N–H and O–H groups in total. The van der Waals surface area contributed by atoms with Crippen LogP contribution < -0.4 is 9.46 Å². The van der Waals surface area contributed by atoms with Crippen molar-refractivity contribution in [1.82, 2.24) is 0 Å². The van der Waals surface area contributed by atoms with Gasteiger partial charge in [0.2, 0.25) is 0 Å². The molecule has 25 heavy (non-hydrogen) atoms. The summed E-state index contributed by atoms with van der Waals surface area (Å²) in [5.74, 6) is -1.16. The van der Waals surface area contributed by atoms with E-state index in [0.29, 0.717) is 4.47 Å². The second kappa shape index (κ2) is 7.83. The summed E-state index contributed by atoms with van der Waals surface area (Å²) < 4.78 is 50.9. The van der Waals surface area contributed by atoms with E-state index in [1.165, 1.54) is 13.2 Å². The summed E-state index contributed by atoms with van der Waals surface area (Å²) >= 11 is 3.26. The number of rotatable bonds is 6. The van der Waals surface area contributed by atoms with Crippen molar-refractivity contribution in [2.75, 3.05) is 18.4 Å². The van der Waals surface area contributed by atoms with E-state index in [1.54, 1.807) is 13.0 Å². The van der Waals surface area contributed by atoms with E-state index in [1.807, 2.05) is 0 Å². The predicted molar refractivity (Wildman–Crippen MR) is 93.9 cm³/mol. The number of ether oxygens (including phenoxy) is 2. The molecule has 0 amide bonds. The zero-order valence-electron chi connectivity index (χ0n) is 13.4. The average Bonchev–Trinajstić information content (AvgIpc) is 2.57. The lowest BCUT2D eigenvalue weighted by Crippen LogP contribution is -2.17. The second-order valence-corrected chi connectivity index (χ2v) is 7.32. The third kappa shape index (κ3) is 4.29. The van der Waals surface area contributed by atoms with Crippen LogP contribution in [0.1, 0.15) is 17.3 Å². The minimum atomic E-state index is -4.03. The minimum absolute atomic E-state index is 0.0113. The average molecular weight is 432 g/mol. The fourth-order valence-electron chi connectivity index (χ4n) is 2.05. The molecular weight excluding hydrogens is 417 g/mol. The standard InChI is InChI=1S/C16H15BrFNO5S/c1-3-24-15-12(17)8-9-13(14(15)16(20)23-2)19-25(21,22)11-6-4-10(18)5-7-11/h4-9,19H,3H2,1-2H3. The summed E-state index contributed by atoms with van der Waals surface area (Å²) in [6, 6.07) is 7.25. The lowest BCUT2D eigenvalue weighted by atomic mass is 10.1. The number of halogens is 2. The van der Waals surface area contributed by atoms with E-state index >= 15 is 0 Å². The molecule has 0 saturated carbocycles. The molecule has 0 bridgehead atoms. The van der Waals surface area contributed by atoms with Crippen LogP contribution in [-0.4, -0.2) is 28.1 Å². The van der Waals surface area contributed by atoms with Crippen LogP contribution in [0.5, 0.6) is 5.75 Å². The highest BCUT2D eigenvalue weighted by Crippen LogP contribution is 2.36. The number of nitrogens with one attached hydrogen (secondary N) is 1. The highest BCUT2D eigenvalue weighted by molar-refractivity contribution is 9.10. The van der Waals surface area contributed by atoms with Gasteiger partial charge in [0.1, 0.15) is 17.1 Å². The van der Waals surface area contributed by atoms with E-state index in [-0.39, 0.29) is 28.5 Å². The van der Waals surface area contributed by atoms with Crippen molar-refractivity contribution in [3.63, 3.8) is 0 Å². The Labute approximate surface area is 153 Å². The summed E-state index contributed by atoms with van der Waals surface area (Å²) in [5.41, 5.74) is -0.0766. The molecule has 0 heterocycles. The maximum Gasteiger partial charge on any atom is 0.343 e. The van der Waals surface area contributed by atoms with Gasteiger partial charge in [-0.2, -0.15) is 0 Å². The van der Waals surface area contributed by atoms with Crippen LogP contribution in [0.15, 0.2) is 45.8 Å². The summed E-state index contributed by atoms with van der Waals surface area (Å²) in [4.78, 5) is 12.0. The maximum absolute atomic E-state index is 13.0. The van der Waals surface area contributed by atoms with Gasteiger partial charge >= 0.3 is 5.97 Å². The third-order valence-electron chi connectivity index (χ3n) is 3.16. The monoisotopic (exact) mass is 431 g/mol. The van der Waals surface area contributed by atoms with Crippen molar-refractivity contribution < 1.29 is 27.1 Å². The van der Waals surface area contributed by atoms with Crippen molar-refractivity contribution in [3.8, 4) is 5.75 Å². The van der Waals surface area contributed by atoms with Gasteiger partial charge < -0.3 is 9.47 Å². The van der Waals surface area contributed by atoms with Crippen LogP contribution in [0.25, 0.3) is 0 Å². The number of hydrogen-bond donors (Lipinski definition) is 1. The number of carbonyl (C=O) groups is 1. The Bertz CT molecular complexity index is 884. The quantitative estimate of drug-likeness (QED) is 0.706. The predicted octanol–water partition coefficient (Wildman–Crippen LogP) is 3.57. The number of carbonyl (C=O) groups excluding carboxylic acids is 1. The van der Waals surface area contributed by atoms with Gasteiger partial charge in [0.25, 0.3) is 10.0 Å². The minimum Gasteiger partial charge on any atom is -0.492 e. The summed E-state index contributed by atoms with van der Waals surface area (Å²) in [6.07, 6.45) is 0. The lowest BCUT2D eigenvalue weighted by Gasteiger charge is -2.16. The fraction of sp³-hybridized carbons (Fsp3) is 0.188. The Kier molecular flexibility index (Phi) is 6.02. The summed E-state index contributed by atoms with van der Waals surface area (Å²) in [7, 11) is -2.86. The number of benzene rings is 2. The molecule has 0 spiro atoms. The lowest BCUT2D eigenvalue weighted by molar-refractivity contribution is 0.0597. The molecule has 0 aliphatic rings. The number of esters is 1. The molecule has 2 rings (SSSR count). The van der Waals surface area contributed by atoms with Crippen LogP contribution in [0.3, 0.4) is 0 Å². The normalized spacial score (nSPS) is 11.0. The molecule has 0 fully saturated rings. The second-order valence-electron chi connectivity index (χ2n) is 4.78. The Morgan fingerprint density at radius 2 is 1.84 bits per heavy atom. The first kappa shape index (κ1) is 19.2. The van der Waals surface area contributed by atoms with Crippen LogP contribution >= 0.6 is 15.9 Å². The molecule has 0 saturated heterocycles. The van der Waals surface area contributed by atoms with Crippen molar-refractivity contribution in [1.29, 1.82) is 0 Å². The van der Waals surface area contributed by atoms with Crippen molar-refractivity contribution in [2.24, 2.45) is 0 Å². The van der Waals surface area contributed by atoms with Crippen LogP contribution in [0.4, 0.5) is 10.1 Å². The van der Waals surface area contributed by atoms with Gasteiger partial charge in [0, 0.05) is 0 Å². The highest BCUT2D eigenvalue weighted by atomic mass is 79.9. The highest BCUT2D eigenvalue weighted by Gasteiger charge is 2.24. The van der Waals surface area contributed by atoms with Gasteiger partial charge in [-0.05, 0) is 59.3 Å². The number of anilines is 1. The van der Waals surface area contributed by atoms with Crippen LogP contribution in [0.2, 0.25) is 0 Å². The zero-order chi connectivity index (χ0) is 18.6. The summed E-state index contributed by atoms with van der Waals surface area (Å²) in [5, 5.41) is 0. The molecule has 134 valence electrons. The number of methoxy groups -OCH3 is 1. The van der Waals surface area contributed by atoms with Gasteiger partial charge in [0.15, 0.2) is 0 Å². The van der Waals surface area contributed by atoms with E-state index < -0.39 is 21.8 Å². The van der Waals surface area contributed by atoms with Gasteiger partial charge in [-0.15, -0.1) is 0 Å². The van der Waals surface area contributed by atoms with E-state index in [2.05, 4.69) is 20.7 Å². The topological polar surface area (TPSA) is 81.7 Å². The van der Waals surface area contributed by atoms with E-state index in [4.69, 9.17) is 9.47 Å². The fourth-order valence-corrected chi connectivity index (χ4v) is 3.57. The largest absolute Gasteiger partial charge is 0.492 e. The van der Waals surface area contributed by atoms with E-state index in [9.17, 15) is 17.6 Å². The van der Waals surface area contributed by atoms with Gasteiger partial charge in [-0.25, -0.2) is 17.6 Å². The Morgan fingerprint density at radius 3 is 2.40 bits per heavy atom. The van der Waals surface area contributed by atoms with Gasteiger partial charge in [-0.3, -0.25) is 4.72 Å². The molecule has 0 radical (unpaired) electrons. The first-order valence-corrected chi connectivity index (χ1v) is 9.39. The van der Waals surface area contributed by atoms with Crippen LogP contribution in [-0.2, 0) is 14.8 Å². The Balaban J connectivity index is 2.53. The molecule has 0 aliphatic carbocycles. The molecule has 0 atom stereocenters. The Morgan fingerprint density at radius 1 is 1.20 bits per heavy atom. The molecule has 9 heteroatoms. The smallest absolute Gasteiger partial charge is 0.343 e. The van der Waals surface area contributed by atoms with E-state index in [0.717, 1.165) is 24.3 Å². The summed E-state index contributed by atoms with van der Waals surface area (Å²) in [6.45, 7) is 1.99. The zero-order valence-corrected chi connectivity index (χ0v) is 15.8. The Hall–Kier alpha value is -2.13. The van der Waals surface area contributed by atoms with Crippen LogP contribution in [0, 0.1) is 5.82 Å². The molecule has 0 aromatic heterocycles. The first-order chi connectivity index (χ1) is 11.8. The molecule has 0 aliphatic heterocycles. The molecular formula is C16H15BrFNO5S. The molecule has 6 nitrogen and oxygen atoms in total. The molecule has 2 aromatic rings. The SMILES string of the molecule is CCOc1c(Br)ccc(NS(=O)(=O)c2ccc(F)cc2)c1C(=O)OC. The number of hydrogen-bond acceptors (Lipinski definition) is 5. The number of sulfonamides is 1. The first-order valence-electron chi connectivity index (χ1n) is 7.12. The van der Waals surface area contributed by atoms with Gasteiger partial charge in [0.05, 0.1) is 28.8 Å². The van der Waals surface area contributed by atoms with Crippen molar-refractivity contribution in [3.05, 3.63) is 52.3 Å². The van der Waals surface area contributed by atoms with Crippen molar-refractivity contribution in [2.45, 2.75) is 11.8 Å². The molecule has 2 aromatic carbocycles. The maximum atomic E-state index is 13.0. The van der Waals surface area contributed by atoms with Crippen molar-refractivity contribution >= 4 is 37.6 Å². The van der Waals surface area contributed by atoms with Gasteiger partial charge in [-0.1, -0.05) is 0 Å². The molecule has 0 unspecified atom stereocenters. The third-order valence-corrected chi connectivity index (χ3v) is 5.16.